The molecule has 0 bridgehead atoms. The lowest BCUT2D eigenvalue weighted by molar-refractivity contribution is -0.427. The summed E-state index contributed by atoms with van der Waals surface area (Å²) in [7, 11) is 0. The average Bonchev–Trinajstić information content (AvgIpc) is 2.61. The maximum Gasteiger partial charge on any atom is 0.292 e. The number of carbonyl (C=O) groups is 2. The molecule has 0 heterocycles. The monoisotopic (exact) mass is 311 g/mol. The molecule has 5 heteroatoms. The number of nitrogens with zero attached hydrogens (tertiary/aromatic N) is 1. The Kier molecular flexibility index (Phi) is 5.36. The molecule has 2 aromatic carbocycles. The quantitative estimate of drug-likeness (QED) is 0.470. The second-order valence-corrected chi connectivity index (χ2v) is 5.08. The van der Waals surface area contributed by atoms with Gasteiger partial charge in [0.15, 0.2) is 16.4 Å². The number of Topliss-reactive ketones (excluding diaryl/α,β-unsaturated/α-hetero) is 2. The third kappa shape index (κ3) is 4.10. The van der Waals surface area contributed by atoms with Gasteiger partial charge in [-0.1, -0.05) is 13.8 Å². The molecule has 2 rings (SSSR count). The van der Waals surface area contributed by atoms with Gasteiger partial charge in [0.25, 0.3) is 5.69 Å². The van der Waals surface area contributed by atoms with Crippen molar-refractivity contribution >= 4 is 22.9 Å². The highest BCUT2D eigenvalue weighted by Gasteiger charge is 2.15. The van der Waals surface area contributed by atoms with Crippen LogP contribution in [-0.4, -0.2) is 16.4 Å². The van der Waals surface area contributed by atoms with Gasteiger partial charge in [-0.25, -0.2) is 0 Å². The van der Waals surface area contributed by atoms with E-state index in [0.717, 1.165) is 0 Å². The normalized spacial score (nSPS) is 10.2. The smallest absolute Gasteiger partial charge is 0.292 e. The van der Waals surface area contributed by atoms with Gasteiger partial charge < -0.3 is 0 Å². The molecule has 0 amide bonds. The lowest BCUT2D eigenvalue weighted by atomic mass is 10.1. The van der Waals surface area contributed by atoms with E-state index in [1.807, 2.05) is 0 Å². The average molecular weight is 311 g/mol. The molecule has 0 saturated heterocycles. The lowest BCUT2D eigenvalue weighted by Gasteiger charge is -2.01. The molecular formula is C18H19N2O3+. The molecule has 2 aromatic rings. The standard InChI is InChI=1S/C18H18N2O3/c1-3-17(21)13-5-9-15(10-6-13)19-20(23)16-11-7-14(8-12-16)18(22)4-2/h5-12H,3-4H2,1-2H3/p+1. The zero-order valence-electron chi connectivity index (χ0n) is 13.2. The summed E-state index contributed by atoms with van der Waals surface area (Å²) in [6.07, 6.45) is 0.880. The molecule has 0 aliphatic rings. The third-order valence-corrected chi connectivity index (χ3v) is 3.50. The highest BCUT2D eigenvalue weighted by Crippen LogP contribution is 2.17. The minimum absolute atomic E-state index is 0.0399. The van der Waals surface area contributed by atoms with Crippen LogP contribution >= 0.6 is 0 Å². The van der Waals surface area contributed by atoms with Gasteiger partial charge >= 0.3 is 0 Å². The van der Waals surface area contributed by atoms with Gasteiger partial charge in [-0.15, -0.1) is 5.43 Å². The van der Waals surface area contributed by atoms with E-state index in [-0.39, 0.29) is 11.6 Å². The number of nitrogens with one attached hydrogen (secondary N) is 1. The second kappa shape index (κ2) is 7.45. The highest BCUT2D eigenvalue weighted by molar-refractivity contribution is 5.96. The van der Waals surface area contributed by atoms with Crippen LogP contribution in [0.5, 0.6) is 0 Å². The second-order valence-electron chi connectivity index (χ2n) is 5.08. The van der Waals surface area contributed by atoms with Crippen molar-refractivity contribution in [2.45, 2.75) is 26.7 Å². The van der Waals surface area contributed by atoms with Gasteiger partial charge in [-0.3, -0.25) is 9.59 Å². The van der Waals surface area contributed by atoms with Gasteiger partial charge in [0, 0.05) is 36.1 Å². The molecule has 23 heavy (non-hydrogen) atoms. The zero-order valence-corrected chi connectivity index (χ0v) is 13.2. The van der Waals surface area contributed by atoms with Crippen molar-refractivity contribution in [3.05, 3.63) is 64.6 Å². The number of carbonyl (C=O) groups excluding carboxylic acids is 2. The molecule has 5 nitrogen and oxygen atoms in total. The Morgan fingerprint density at radius 2 is 1.26 bits per heavy atom. The molecule has 0 spiro atoms. The van der Waals surface area contributed by atoms with Crippen LogP contribution in [0, 0.1) is 4.91 Å². The van der Waals surface area contributed by atoms with Crippen LogP contribution in [-0.2, 0) is 0 Å². The minimum Gasteiger partial charge on any atom is -0.294 e. The van der Waals surface area contributed by atoms with Crippen molar-refractivity contribution in [1.29, 1.82) is 0 Å². The van der Waals surface area contributed by atoms with Gasteiger partial charge in [0.1, 0.15) is 5.69 Å². The molecule has 0 saturated carbocycles. The number of hydrazine groups is 1. The van der Waals surface area contributed by atoms with E-state index >= 15 is 0 Å². The van der Waals surface area contributed by atoms with Gasteiger partial charge in [0.05, 0.1) is 4.91 Å². The number of ketones is 2. The van der Waals surface area contributed by atoms with Crippen LogP contribution in [0.1, 0.15) is 47.4 Å². The molecule has 0 aliphatic carbocycles. The topological polar surface area (TPSA) is 66.2 Å². The van der Waals surface area contributed by atoms with E-state index < -0.39 is 0 Å². The molecular weight excluding hydrogens is 292 g/mol. The number of hydrogen-bond acceptors (Lipinski definition) is 3. The van der Waals surface area contributed by atoms with Gasteiger partial charge in [-0.05, 0) is 36.4 Å². The summed E-state index contributed by atoms with van der Waals surface area (Å²) in [6, 6.07) is 13.2. The Balaban J connectivity index is 2.06. The first kappa shape index (κ1) is 16.5. The Hall–Kier alpha value is -2.82. The Morgan fingerprint density at radius 1 is 0.826 bits per heavy atom. The molecule has 0 atom stereocenters. The van der Waals surface area contributed by atoms with Crippen LogP contribution in [0.15, 0.2) is 48.5 Å². The Morgan fingerprint density at radius 3 is 1.70 bits per heavy atom. The summed E-state index contributed by atoms with van der Waals surface area (Å²) in [5.41, 5.74) is 4.88. The van der Waals surface area contributed by atoms with Crippen LogP contribution in [0.3, 0.4) is 0 Å². The van der Waals surface area contributed by atoms with Crippen LogP contribution < -0.4 is 5.43 Å². The van der Waals surface area contributed by atoms with E-state index in [4.69, 9.17) is 0 Å². The Bertz CT molecular complexity index is 719. The van der Waals surface area contributed by atoms with Crippen LogP contribution in [0.25, 0.3) is 0 Å². The summed E-state index contributed by atoms with van der Waals surface area (Å²) in [4.78, 5) is 35.8. The number of hydrogen-bond donors (Lipinski definition) is 1. The first-order chi connectivity index (χ1) is 11.0. The van der Waals surface area contributed by atoms with Crippen LogP contribution in [0.4, 0.5) is 11.4 Å². The number of benzene rings is 2. The summed E-state index contributed by atoms with van der Waals surface area (Å²) in [6.45, 7) is 3.60. The van der Waals surface area contributed by atoms with E-state index in [1.54, 1.807) is 62.4 Å². The first-order valence-electron chi connectivity index (χ1n) is 7.55. The van der Waals surface area contributed by atoms with Crippen molar-refractivity contribution in [3.63, 3.8) is 0 Å². The molecule has 0 aromatic heterocycles. The summed E-state index contributed by atoms with van der Waals surface area (Å²) in [5.74, 6) is 0.102. The van der Waals surface area contributed by atoms with Crippen molar-refractivity contribution in [1.82, 2.24) is 0 Å². The minimum atomic E-state index is 0.0399. The maximum absolute atomic E-state index is 12.1. The van der Waals surface area contributed by atoms with E-state index in [9.17, 15) is 14.5 Å². The fourth-order valence-electron chi connectivity index (χ4n) is 2.10. The predicted molar refractivity (Wildman–Crippen MR) is 89.0 cm³/mol. The van der Waals surface area contributed by atoms with Gasteiger partial charge in [-0.2, -0.15) is 0 Å². The fraction of sp³-hybridized carbons (Fsp3) is 0.222. The highest BCUT2D eigenvalue weighted by atomic mass is 16.3. The first-order valence-corrected chi connectivity index (χ1v) is 7.55. The van der Waals surface area contributed by atoms with E-state index in [1.165, 1.54) is 0 Å². The molecule has 0 unspecified atom stereocenters. The molecule has 0 fully saturated rings. The summed E-state index contributed by atoms with van der Waals surface area (Å²) < 4.78 is 0. The third-order valence-electron chi connectivity index (χ3n) is 3.50. The molecule has 1 N–H and O–H groups in total. The predicted octanol–water partition coefficient (Wildman–Crippen LogP) is 4.31. The number of anilines is 1. The van der Waals surface area contributed by atoms with E-state index in [0.29, 0.717) is 40.2 Å². The molecule has 0 radical (unpaired) electrons. The van der Waals surface area contributed by atoms with Crippen molar-refractivity contribution in [2.75, 3.05) is 5.43 Å². The van der Waals surface area contributed by atoms with E-state index in [2.05, 4.69) is 5.43 Å². The fourth-order valence-corrected chi connectivity index (χ4v) is 2.10. The number of rotatable bonds is 7. The summed E-state index contributed by atoms with van der Waals surface area (Å²) >= 11 is 0. The van der Waals surface area contributed by atoms with Crippen molar-refractivity contribution in [2.24, 2.45) is 0 Å². The Labute approximate surface area is 134 Å². The lowest BCUT2D eigenvalue weighted by Crippen LogP contribution is -2.10. The number of nitroso groups, excluding NO2 is 1. The molecule has 0 aliphatic heterocycles. The maximum atomic E-state index is 12.1. The molecule has 118 valence electrons. The van der Waals surface area contributed by atoms with Crippen LogP contribution in [0.2, 0.25) is 0 Å². The van der Waals surface area contributed by atoms with Crippen molar-refractivity contribution in [3.8, 4) is 0 Å². The summed E-state index contributed by atoms with van der Waals surface area (Å²) in [5, 5.41) is 0. The SMILES string of the molecule is CCC(=O)c1ccc(N[N+](=O)c2ccc(C(=O)CC)cc2)cc1. The van der Waals surface area contributed by atoms with Crippen molar-refractivity contribution < 1.29 is 14.5 Å². The van der Waals surface area contributed by atoms with Gasteiger partial charge in [0.2, 0.25) is 0 Å². The zero-order chi connectivity index (χ0) is 16.8. The largest absolute Gasteiger partial charge is 0.294 e.